The van der Waals surface area contributed by atoms with Gasteiger partial charge in [0.15, 0.2) is 0 Å². The van der Waals surface area contributed by atoms with Crippen molar-refractivity contribution < 1.29 is 4.79 Å². The topological polar surface area (TPSA) is 73.4 Å². The van der Waals surface area contributed by atoms with Crippen molar-refractivity contribution in [2.24, 2.45) is 0 Å². The standard InChI is InChI=1S/C18H24N6OS/c1-26-16-5-2-4-15(14-16)22-18(25)21-8-9-23-10-12-24(13-11-23)17-19-6-3-7-20-17/h2-7,14H,8-13H2,1H3,(H2,21,22,25). The van der Waals surface area contributed by atoms with Crippen LogP contribution < -0.4 is 15.5 Å². The molecule has 0 atom stereocenters. The van der Waals surface area contributed by atoms with Gasteiger partial charge in [0.1, 0.15) is 0 Å². The van der Waals surface area contributed by atoms with Crippen LogP contribution in [0.1, 0.15) is 0 Å². The number of hydrogen-bond donors (Lipinski definition) is 2. The van der Waals surface area contributed by atoms with E-state index in [-0.39, 0.29) is 6.03 Å². The summed E-state index contributed by atoms with van der Waals surface area (Å²) in [6, 6.07) is 9.48. The van der Waals surface area contributed by atoms with Crippen LogP contribution in [0.25, 0.3) is 0 Å². The number of urea groups is 1. The summed E-state index contributed by atoms with van der Waals surface area (Å²) in [5.74, 6) is 0.789. The molecule has 0 radical (unpaired) electrons. The molecule has 3 rings (SSSR count). The van der Waals surface area contributed by atoms with Crippen LogP contribution in [0.15, 0.2) is 47.6 Å². The van der Waals surface area contributed by atoms with Gasteiger partial charge in [0.05, 0.1) is 0 Å². The van der Waals surface area contributed by atoms with Gasteiger partial charge in [-0.25, -0.2) is 14.8 Å². The molecule has 1 saturated heterocycles. The Morgan fingerprint density at radius 2 is 1.92 bits per heavy atom. The van der Waals surface area contributed by atoms with Crippen LogP contribution >= 0.6 is 11.8 Å². The van der Waals surface area contributed by atoms with E-state index in [1.807, 2.05) is 36.6 Å². The second kappa shape index (κ2) is 9.40. The van der Waals surface area contributed by atoms with Gasteiger partial charge in [0.2, 0.25) is 5.95 Å². The first-order valence-electron chi connectivity index (χ1n) is 8.68. The number of thioether (sulfide) groups is 1. The first-order valence-corrected chi connectivity index (χ1v) is 9.90. The summed E-state index contributed by atoms with van der Waals surface area (Å²) in [6.45, 7) is 5.14. The molecule has 0 bridgehead atoms. The number of nitrogens with one attached hydrogen (secondary N) is 2. The van der Waals surface area contributed by atoms with Crippen LogP contribution in [0.5, 0.6) is 0 Å². The van der Waals surface area contributed by atoms with Crippen molar-refractivity contribution in [3.63, 3.8) is 0 Å². The highest BCUT2D eigenvalue weighted by atomic mass is 32.2. The summed E-state index contributed by atoms with van der Waals surface area (Å²) < 4.78 is 0. The molecular weight excluding hydrogens is 348 g/mol. The number of hydrogen-bond acceptors (Lipinski definition) is 6. The van der Waals surface area contributed by atoms with Crippen molar-refractivity contribution in [3.8, 4) is 0 Å². The van der Waals surface area contributed by atoms with Gasteiger partial charge in [-0.1, -0.05) is 6.07 Å². The van der Waals surface area contributed by atoms with E-state index in [4.69, 9.17) is 0 Å². The lowest BCUT2D eigenvalue weighted by molar-refractivity contribution is 0.240. The number of piperazine rings is 1. The Kier molecular flexibility index (Phi) is 6.68. The van der Waals surface area contributed by atoms with E-state index in [2.05, 4.69) is 30.4 Å². The molecule has 0 aliphatic carbocycles. The van der Waals surface area contributed by atoms with Crippen LogP contribution in [0, 0.1) is 0 Å². The van der Waals surface area contributed by atoms with Crippen molar-refractivity contribution in [2.45, 2.75) is 4.90 Å². The lowest BCUT2D eigenvalue weighted by atomic mass is 10.3. The first kappa shape index (κ1) is 18.5. The Morgan fingerprint density at radius 3 is 2.65 bits per heavy atom. The van der Waals surface area contributed by atoms with Crippen LogP contribution in [-0.2, 0) is 0 Å². The molecule has 0 unspecified atom stereocenters. The normalized spacial score (nSPS) is 14.9. The van der Waals surface area contributed by atoms with Gasteiger partial charge < -0.3 is 15.5 Å². The van der Waals surface area contributed by atoms with Crippen molar-refractivity contribution in [1.82, 2.24) is 20.2 Å². The van der Waals surface area contributed by atoms with Gasteiger partial charge in [0.25, 0.3) is 0 Å². The molecule has 1 aromatic carbocycles. The molecule has 2 aromatic rings. The second-order valence-corrected chi connectivity index (χ2v) is 6.87. The largest absolute Gasteiger partial charge is 0.338 e. The van der Waals surface area contributed by atoms with Crippen LogP contribution in [0.3, 0.4) is 0 Å². The van der Waals surface area contributed by atoms with Gasteiger partial charge in [-0.2, -0.15) is 0 Å². The zero-order valence-electron chi connectivity index (χ0n) is 14.9. The maximum atomic E-state index is 12.0. The second-order valence-electron chi connectivity index (χ2n) is 5.99. The number of rotatable bonds is 6. The molecule has 1 fully saturated rings. The molecule has 1 aliphatic rings. The molecule has 26 heavy (non-hydrogen) atoms. The highest BCUT2D eigenvalue weighted by Gasteiger charge is 2.18. The molecule has 8 heteroatoms. The number of benzene rings is 1. The Labute approximate surface area is 158 Å². The maximum Gasteiger partial charge on any atom is 0.319 e. The van der Waals surface area contributed by atoms with E-state index in [1.165, 1.54) is 0 Å². The van der Waals surface area contributed by atoms with E-state index in [1.54, 1.807) is 24.2 Å². The fourth-order valence-corrected chi connectivity index (χ4v) is 3.29. The van der Waals surface area contributed by atoms with Gasteiger partial charge in [-0.05, 0) is 30.5 Å². The number of nitrogens with zero attached hydrogens (tertiary/aromatic N) is 4. The highest BCUT2D eigenvalue weighted by molar-refractivity contribution is 7.98. The summed E-state index contributed by atoms with van der Waals surface area (Å²) in [5, 5.41) is 5.80. The van der Waals surface area contributed by atoms with Gasteiger partial charge in [0, 0.05) is 62.2 Å². The first-order chi connectivity index (χ1) is 12.7. The minimum atomic E-state index is -0.167. The molecule has 2 N–H and O–H groups in total. The molecule has 1 aliphatic heterocycles. The Balaban J connectivity index is 1.35. The quantitative estimate of drug-likeness (QED) is 0.757. The van der Waals surface area contributed by atoms with Crippen molar-refractivity contribution in [2.75, 3.05) is 55.7 Å². The predicted molar refractivity (Wildman–Crippen MR) is 106 cm³/mol. The van der Waals surface area contributed by atoms with Crippen LogP contribution in [0.2, 0.25) is 0 Å². The molecule has 7 nitrogen and oxygen atoms in total. The Hall–Kier alpha value is -2.32. The summed E-state index contributed by atoms with van der Waals surface area (Å²) in [5.41, 5.74) is 0.811. The van der Waals surface area contributed by atoms with E-state index in [9.17, 15) is 4.79 Å². The van der Waals surface area contributed by atoms with E-state index in [0.717, 1.165) is 49.3 Å². The van der Waals surface area contributed by atoms with Crippen LogP contribution in [0.4, 0.5) is 16.4 Å². The average Bonchev–Trinajstić information content (AvgIpc) is 2.69. The smallest absolute Gasteiger partial charge is 0.319 e. The Bertz CT molecular complexity index is 706. The number of carbonyl (C=O) groups excluding carboxylic acids is 1. The van der Waals surface area contributed by atoms with E-state index in [0.29, 0.717) is 6.54 Å². The zero-order valence-corrected chi connectivity index (χ0v) is 15.7. The third-order valence-corrected chi connectivity index (χ3v) is 4.97. The molecule has 1 aromatic heterocycles. The fourth-order valence-electron chi connectivity index (χ4n) is 2.83. The summed E-state index contributed by atoms with van der Waals surface area (Å²) in [7, 11) is 0. The average molecular weight is 372 g/mol. The molecule has 2 heterocycles. The van der Waals surface area contributed by atoms with Crippen molar-refractivity contribution in [3.05, 3.63) is 42.7 Å². The molecule has 138 valence electrons. The SMILES string of the molecule is CSc1cccc(NC(=O)NCCN2CCN(c3ncccn3)CC2)c1. The predicted octanol–water partition coefficient (Wildman–Crippen LogP) is 2.14. The van der Waals surface area contributed by atoms with Crippen molar-refractivity contribution >= 4 is 29.4 Å². The summed E-state index contributed by atoms with van der Waals surface area (Å²) in [6.07, 6.45) is 5.56. The molecule has 0 saturated carbocycles. The summed E-state index contributed by atoms with van der Waals surface area (Å²) >= 11 is 1.65. The number of carbonyl (C=O) groups is 1. The number of amides is 2. The van der Waals surface area contributed by atoms with E-state index < -0.39 is 0 Å². The van der Waals surface area contributed by atoms with E-state index >= 15 is 0 Å². The molecule has 0 spiro atoms. The minimum absolute atomic E-state index is 0.167. The maximum absolute atomic E-state index is 12.0. The minimum Gasteiger partial charge on any atom is -0.338 e. The third-order valence-electron chi connectivity index (χ3n) is 4.25. The Morgan fingerprint density at radius 1 is 1.15 bits per heavy atom. The molecule has 2 amide bonds. The highest BCUT2D eigenvalue weighted by Crippen LogP contribution is 2.18. The third kappa shape index (κ3) is 5.34. The lowest BCUT2D eigenvalue weighted by Crippen LogP contribution is -2.49. The van der Waals surface area contributed by atoms with Gasteiger partial charge in [-0.15, -0.1) is 11.8 Å². The van der Waals surface area contributed by atoms with Gasteiger partial charge >= 0.3 is 6.03 Å². The van der Waals surface area contributed by atoms with Crippen LogP contribution in [-0.4, -0.2) is 66.4 Å². The lowest BCUT2D eigenvalue weighted by Gasteiger charge is -2.34. The summed E-state index contributed by atoms with van der Waals surface area (Å²) in [4.78, 5) is 26.3. The van der Waals surface area contributed by atoms with Crippen molar-refractivity contribution in [1.29, 1.82) is 0 Å². The number of anilines is 2. The fraction of sp³-hybridized carbons (Fsp3) is 0.389. The monoisotopic (exact) mass is 372 g/mol. The molecular formula is C18H24N6OS. The number of aromatic nitrogens is 2. The van der Waals surface area contributed by atoms with Gasteiger partial charge in [-0.3, -0.25) is 4.90 Å². The zero-order chi connectivity index (χ0) is 18.2.